The minimum Gasteiger partial charge on any atom is -0.384 e. The highest BCUT2D eigenvalue weighted by atomic mass is 16.3. The van der Waals surface area contributed by atoms with Gasteiger partial charge in [0, 0.05) is 0 Å². The number of aliphatic hydroxyl groups is 1. The van der Waals surface area contributed by atoms with E-state index in [1.54, 1.807) is 0 Å². The van der Waals surface area contributed by atoms with E-state index in [4.69, 9.17) is 0 Å². The van der Waals surface area contributed by atoms with E-state index in [1.807, 2.05) is 30.3 Å². The fourth-order valence-electron chi connectivity index (χ4n) is 5.44. The summed E-state index contributed by atoms with van der Waals surface area (Å²) in [6, 6.07) is 10.0. The highest BCUT2D eigenvalue weighted by molar-refractivity contribution is 5.22. The molecule has 1 N–H and O–H groups in total. The van der Waals surface area contributed by atoms with Crippen LogP contribution in [-0.2, 0) is 0 Å². The van der Waals surface area contributed by atoms with Crippen molar-refractivity contribution in [1.82, 2.24) is 0 Å². The molecule has 20 heavy (non-hydrogen) atoms. The number of hydrogen-bond acceptors (Lipinski definition) is 1. The summed E-state index contributed by atoms with van der Waals surface area (Å²) in [5.41, 5.74) is 1.43. The molecule has 4 fully saturated rings. The quantitative estimate of drug-likeness (QED) is 0.801. The fraction of sp³-hybridized carbons (Fsp3) is 0.579. The third-order valence-corrected chi connectivity index (χ3v) is 5.86. The molecule has 1 aromatic rings. The molecule has 4 saturated carbocycles. The van der Waals surface area contributed by atoms with Gasteiger partial charge in [0.1, 0.15) is 0 Å². The molecule has 0 aromatic heterocycles. The zero-order valence-corrected chi connectivity index (χ0v) is 12.0. The summed E-state index contributed by atoms with van der Waals surface area (Å²) in [5.74, 6) is 2.92. The van der Waals surface area contributed by atoms with Crippen LogP contribution in [0.3, 0.4) is 0 Å². The van der Waals surface area contributed by atoms with E-state index in [1.165, 1.54) is 38.5 Å². The molecule has 106 valence electrons. The Morgan fingerprint density at radius 1 is 0.950 bits per heavy atom. The van der Waals surface area contributed by atoms with Crippen LogP contribution in [0.4, 0.5) is 0 Å². The fourth-order valence-corrected chi connectivity index (χ4v) is 5.44. The first-order chi connectivity index (χ1) is 9.72. The SMILES string of the molecule is O[C@@H](/C=C/C12CC3CC(CC(C3)C1)C2)c1ccccc1. The van der Waals surface area contributed by atoms with Crippen molar-refractivity contribution in [2.24, 2.45) is 23.2 Å². The zero-order valence-electron chi connectivity index (χ0n) is 12.0. The maximum Gasteiger partial charge on any atom is 0.0972 e. The lowest BCUT2D eigenvalue weighted by Crippen LogP contribution is -2.45. The van der Waals surface area contributed by atoms with Crippen LogP contribution in [0.25, 0.3) is 0 Å². The lowest BCUT2D eigenvalue weighted by molar-refractivity contribution is -0.0242. The normalized spacial score (nSPS) is 40.4. The summed E-state index contributed by atoms with van der Waals surface area (Å²) in [5, 5.41) is 10.3. The highest BCUT2D eigenvalue weighted by Gasteiger charge is 2.49. The van der Waals surface area contributed by atoms with Crippen molar-refractivity contribution in [3.8, 4) is 0 Å². The van der Waals surface area contributed by atoms with Crippen molar-refractivity contribution >= 4 is 0 Å². The van der Waals surface area contributed by atoms with Gasteiger partial charge in [0.05, 0.1) is 6.10 Å². The topological polar surface area (TPSA) is 20.2 Å². The van der Waals surface area contributed by atoms with Gasteiger partial charge >= 0.3 is 0 Å². The van der Waals surface area contributed by atoms with Crippen LogP contribution < -0.4 is 0 Å². The van der Waals surface area contributed by atoms with Crippen LogP contribution in [-0.4, -0.2) is 5.11 Å². The first kappa shape index (κ1) is 12.6. The molecule has 0 unspecified atom stereocenters. The minimum atomic E-state index is -0.441. The average molecular weight is 268 g/mol. The van der Waals surface area contributed by atoms with Gasteiger partial charge in [-0.2, -0.15) is 0 Å². The molecular weight excluding hydrogens is 244 g/mol. The van der Waals surface area contributed by atoms with E-state index in [0.717, 1.165) is 23.3 Å². The molecule has 4 aliphatic rings. The molecule has 4 aliphatic carbocycles. The van der Waals surface area contributed by atoms with Crippen LogP contribution in [0, 0.1) is 23.2 Å². The summed E-state index contributed by atoms with van der Waals surface area (Å²) in [7, 11) is 0. The molecule has 4 bridgehead atoms. The van der Waals surface area contributed by atoms with Gasteiger partial charge in [-0.05, 0) is 67.3 Å². The molecule has 1 heteroatoms. The maximum atomic E-state index is 10.3. The largest absolute Gasteiger partial charge is 0.384 e. The van der Waals surface area contributed by atoms with Crippen molar-refractivity contribution < 1.29 is 5.11 Å². The molecular formula is C19H24O. The van der Waals surface area contributed by atoms with Crippen molar-refractivity contribution in [3.05, 3.63) is 48.0 Å². The van der Waals surface area contributed by atoms with Crippen molar-refractivity contribution in [1.29, 1.82) is 0 Å². The number of benzene rings is 1. The second-order valence-electron chi connectivity index (χ2n) is 7.49. The first-order valence-corrected chi connectivity index (χ1v) is 8.15. The average Bonchev–Trinajstić information content (AvgIpc) is 2.44. The number of hydrogen-bond donors (Lipinski definition) is 1. The lowest BCUT2D eigenvalue weighted by atomic mass is 9.49. The molecule has 1 aromatic carbocycles. The molecule has 0 radical (unpaired) electrons. The molecule has 0 aliphatic heterocycles. The second kappa shape index (κ2) is 4.73. The monoisotopic (exact) mass is 268 g/mol. The van der Waals surface area contributed by atoms with Crippen molar-refractivity contribution in [2.45, 2.75) is 44.6 Å². The third-order valence-electron chi connectivity index (χ3n) is 5.86. The summed E-state index contributed by atoms with van der Waals surface area (Å²) in [6.07, 6.45) is 12.6. The summed E-state index contributed by atoms with van der Waals surface area (Å²) < 4.78 is 0. The Labute approximate surface area is 121 Å². The summed E-state index contributed by atoms with van der Waals surface area (Å²) >= 11 is 0. The van der Waals surface area contributed by atoms with Crippen LogP contribution in [0.5, 0.6) is 0 Å². The number of allylic oxidation sites excluding steroid dienone is 1. The van der Waals surface area contributed by atoms with E-state index in [-0.39, 0.29) is 0 Å². The Morgan fingerprint density at radius 2 is 1.50 bits per heavy atom. The maximum absolute atomic E-state index is 10.3. The first-order valence-electron chi connectivity index (χ1n) is 8.15. The molecule has 0 saturated heterocycles. The van der Waals surface area contributed by atoms with Crippen LogP contribution in [0.1, 0.15) is 50.2 Å². The van der Waals surface area contributed by atoms with Gasteiger partial charge in [0.15, 0.2) is 0 Å². The Kier molecular flexibility index (Phi) is 2.99. The molecule has 0 spiro atoms. The van der Waals surface area contributed by atoms with Gasteiger partial charge < -0.3 is 5.11 Å². The Balaban J connectivity index is 1.52. The Bertz CT molecular complexity index is 466. The lowest BCUT2D eigenvalue weighted by Gasteiger charge is -2.56. The third kappa shape index (κ3) is 2.22. The smallest absolute Gasteiger partial charge is 0.0972 e. The van der Waals surface area contributed by atoms with Crippen molar-refractivity contribution in [3.63, 3.8) is 0 Å². The van der Waals surface area contributed by atoms with Crippen LogP contribution >= 0.6 is 0 Å². The number of rotatable bonds is 3. The van der Waals surface area contributed by atoms with E-state index >= 15 is 0 Å². The van der Waals surface area contributed by atoms with Gasteiger partial charge in [-0.3, -0.25) is 0 Å². The predicted octanol–water partition coefficient (Wildman–Crippen LogP) is 4.49. The Hall–Kier alpha value is -1.08. The summed E-state index contributed by atoms with van der Waals surface area (Å²) in [4.78, 5) is 0. The van der Waals surface area contributed by atoms with E-state index in [2.05, 4.69) is 12.2 Å². The van der Waals surface area contributed by atoms with Gasteiger partial charge in [0.25, 0.3) is 0 Å². The minimum absolute atomic E-state index is 0.421. The van der Waals surface area contributed by atoms with Gasteiger partial charge in [0.2, 0.25) is 0 Å². The van der Waals surface area contributed by atoms with E-state index in [9.17, 15) is 5.11 Å². The van der Waals surface area contributed by atoms with Crippen LogP contribution in [0.15, 0.2) is 42.5 Å². The van der Waals surface area contributed by atoms with Gasteiger partial charge in [-0.25, -0.2) is 0 Å². The highest BCUT2D eigenvalue weighted by Crippen LogP contribution is 2.60. The molecule has 1 nitrogen and oxygen atoms in total. The predicted molar refractivity (Wildman–Crippen MR) is 81.1 cm³/mol. The van der Waals surface area contributed by atoms with E-state index < -0.39 is 6.10 Å². The van der Waals surface area contributed by atoms with Crippen molar-refractivity contribution in [2.75, 3.05) is 0 Å². The molecule has 5 rings (SSSR count). The molecule has 0 amide bonds. The van der Waals surface area contributed by atoms with Crippen LogP contribution in [0.2, 0.25) is 0 Å². The molecule has 0 heterocycles. The number of aliphatic hydroxyl groups excluding tert-OH is 1. The standard InChI is InChI=1S/C19H24O/c20-18(17-4-2-1-3-5-17)6-7-19-11-14-8-15(12-19)10-16(9-14)13-19/h1-7,14-16,18,20H,8-13H2/b7-6+/t14?,15?,16?,18-,19?/m0/s1. The van der Waals surface area contributed by atoms with E-state index in [0.29, 0.717) is 5.41 Å². The van der Waals surface area contributed by atoms with Gasteiger partial charge in [-0.1, -0.05) is 42.5 Å². The van der Waals surface area contributed by atoms with Gasteiger partial charge in [-0.15, -0.1) is 0 Å². The zero-order chi connectivity index (χ0) is 13.6. The Morgan fingerprint density at radius 3 is 2.05 bits per heavy atom. The summed E-state index contributed by atoms with van der Waals surface area (Å²) in [6.45, 7) is 0. The molecule has 1 atom stereocenters. The second-order valence-corrected chi connectivity index (χ2v) is 7.49.